The molecule has 0 aromatic heterocycles. The number of nitrogens with zero attached hydrogens (tertiary/aromatic N) is 2. The Morgan fingerprint density at radius 3 is 2.65 bits per heavy atom. The van der Waals surface area contributed by atoms with Crippen LogP contribution in [0, 0.1) is 5.82 Å². The third kappa shape index (κ3) is 6.60. The summed E-state index contributed by atoms with van der Waals surface area (Å²) in [7, 11) is 1.79. The van der Waals surface area contributed by atoms with Crippen molar-refractivity contribution < 1.29 is 28.6 Å². The highest BCUT2D eigenvalue weighted by molar-refractivity contribution is 5.90. The zero-order valence-corrected chi connectivity index (χ0v) is 20.0. The molecule has 1 fully saturated rings. The van der Waals surface area contributed by atoms with Gasteiger partial charge in [-0.25, -0.2) is 14.0 Å². The number of aliphatic hydroxyl groups excluding tert-OH is 1. The number of halogens is 1. The molecule has 0 spiro atoms. The van der Waals surface area contributed by atoms with E-state index in [0.29, 0.717) is 23.5 Å². The first-order chi connectivity index (χ1) is 16.1. The lowest BCUT2D eigenvalue weighted by atomic mass is 10.1. The second kappa shape index (κ2) is 10.7. The zero-order chi connectivity index (χ0) is 24.9. The van der Waals surface area contributed by atoms with Gasteiger partial charge in [0.15, 0.2) is 0 Å². The maximum atomic E-state index is 15.3. The number of hydrogen-bond acceptors (Lipinski definition) is 6. The summed E-state index contributed by atoms with van der Waals surface area (Å²) in [5.41, 5.74) is 1.67. The number of cyclic esters (lactones) is 1. The molecule has 0 bridgehead atoms. The van der Waals surface area contributed by atoms with Gasteiger partial charge in [0.1, 0.15) is 17.5 Å². The molecule has 1 aliphatic rings. The van der Waals surface area contributed by atoms with Gasteiger partial charge in [-0.3, -0.25) is 4.90 Å². The maximum Gasteiger partial charge on any atom is 0.414 e. The molecule has 0 aliphatic carbocycles. The standard InChI is InChI=1S/C25H32FN3O5/c1-25(2,3)34-23(31)27-14-20-16-29(24(32)33-20)19-12-18(10-11-30)22(21(26)13-19)28(4)15-17-8-6-5-7-9-17/h5-9,12-13,20,30H,10-11,14-16H2,1-4H3,(H,27,31)/t20-/m0/s1. The smallest absolute Gasteiger partial charge is 0.414 e. The number of aliphatic hydroxyl groups is 1. The predicted octanol–water partition coefficient (Wildman–Crippen LogP) is 3.85. The summed E-state index contributed by atoms with van der Waals surface area (Å²) in [6.45, 7) is 5.80. The highest BCUT2D eigenvalue weighted by Crippen LogP contribution is 2.32. The molecule has 1 heterocycles. The Morgan fingerprint density at radius 1 is 1.29 bits per heavy atom. The van der Waals surface area contributed by atoms with E-state index < -0.39 is 29.7 Å². The highest BCUT2D eigenvalue weighted by atomic mass is 19.1. The highest BCUT2D eigenvalue weighted by Gasteiger charge is 2.34. The molecule has 2 amide bonds. The minimum absolute atomic E-state index is 0.0705. The van der Waals surface area contributed by atoms with Crippen LogP contribution < -0.4 is 15.1 Å². The van der Waals surface area contributed by atoms with E-state index in [0.717, 1.165) is 5.56 Å². The van der Waals surface area contributed by atoms with Gasteiger partial charge in [0.25, 0.3) is 0 Å². The van der Waals surface area contributed by atoms with Gasteiger partial charge in [-0.1, -0.05) is 30.3 Å². The molecular weight excluding hydrogens is 441 g/mol. The SMILES string of the molecule is CN(Cc1ccccc1)c1c(F)cc(N2C[C@H](CNC(=O)OC(C)(C)C)OC2=O)cc1CCO. The average molecular weight is 474 g/mol. The van der Waals surface area contributed by atoms with Crippen molar-refractivity contribution in [2.24, 2.45) is 0 Å². The number of anilines is 2. The van der Waals surface area contributed by atoms with Gasteiger partial charge in [0.05, 0.1) is 24.5 Å². The van der Waals surface area contributed by atoms with Crippen molar-refractivity contribution in [1.82, 2.24) is 5.32 Å². The van der Waals surface area contributed by atoms with Crippen molar-refractivity contribution in [3.05, 3.63) is 59.4 Å². The van der Waals surface area contributed by atoms with E-state index in [9.17, 15) is 14.7 Å². The summed E-state index contributed by atoms with van der Waals surface area (Å²) < 4.78 is 25.8. The summed E-state index contributed by atoms with van der Waals surface area (Å²) in [6, 6.07) is 12.7. The second-order valence-corrected chi connectivity index (χ2v) is 9.25. The fourth-order valence-electron chi connectivity index (χ4n) is 3.82. The largest absolute Gasteiger partial charge is 0.444 e. The number of nitrogens with one attached hydrogen (secondary N) is 1. The third-order valence-corrected chi connectivity index (χ3v) is 5.21. The Balaban J connectivity index is 1.74. The van der Waals surface area contributed by atoms with Crippen molar-refractivity contribution >= 4 is 23.6 Å². The number of carbonyl (C=O) groups is 2. The lowest BCUT2D eigenvalue weighted by Gasteiger charge is -2.25. The number of alkyl carbamates (subject to hydrolysis) is 1. The van der Waals surface area contributed by atoms with E-state index in [1.54, 1.807) is 38.8 Å². The molecule has 3 rings (SSSR count). The molecule has 2 aromatic rings. The van der Waals surface area contributed by atoms with Gasteiger partial charge < -0.3 is 24.8 Å². The van der Waals surface area contributed by atoms with Crippen LogP contribution in [-0.4, -0.2) is 55.7 Å². The monoisotopic (exact) mass is 473 g/mol. The van der Waals surface area contributed by atoms with Gasteiger partial charge in [-0.15, -0.1) is 0 Å². The maximum absolute atomic E-state index is 15.3. The van der Waals surface area contributed by atoms with Crippen LogP contribution in [0.3, 0.4) is 0 Å². The van der Waals surface area contributed by atoms with Crippen LogP contribution in [0.2, 0.25) is 0 Å². The number of hydrogen-bond donors (Lipinski definition) is 2. The van der Waals surface area contributed by atoms with Gasteiger partial charge in [-0.05, 0) is 50.5 Å². The molecule has 184 valence electrons. The van der Waals surface area contributed by atoms with E-state index in [1.165, 1.54) is 11.0 Å². The minimum Gasteiger partial charge on any atom is -0.444 e. The van der Waals surface area contributed by atoms with E-state index in [2.05, 4.69) is 5.32 Å². The van der Waals surface area contributed by atoms with E-state index >= 15 is 4.39 Å². The van der Waals surface area contributed by atoms with Crippen molar-refractivity contribution in [2.75, 3.05) is 36.5 Å². The van der Waals surface area contributed by atoms with E-state index in [-0.39, 0.29) is 26.1 Å². The Morgan fingerprint density at radius 2 is 2.00 bits per heavy atom. The molecule has 1 atom stereocenters. The average Bonchev–Trinajstić information content (AvgIpc) is 3.12. The molecule has 1 aliphatic heterocycles. The van der Waals surface area contributed by atoms with Crippen LogP contribution in [-0.2, 0) is 22.4 Å². The molecule has 0 radical (unpaired) electrons. The number of amides is 2. The van der Waals surface area contributed by atoms with Crippen LogP contribution in [0.4, 0.5) is 25.4 Å². The number of ether oxygens (including phenoxy) is 2. The van der Waals surface area contributed by atoms with Crippen LogP contribution >= 0.6 is 0 Å². The van der Waals surface area contributed by atoms with E-state index in [1.807, 2.05) is 30.3 Å². The van der Waals surface area contributed by atoms with Gasteiger partial charge >= 0.3 is 12.2 Å². The molecule has 2 N–H and O–H groups in total. The number of carbonyl (C=O) groups excluding carboxylic acids is 2. The van der Waals surface area contributed by atoms with Crippen LogP contribution in [0.15, 0.2) is 42.5 Å². The number of benzene rings is 2. The van der Waals surface area contributed by atoms with Crippen molar-refractivity contribution in [3.63, 3.8) is 0 Å². The summed E-state index contributed by atoms with van der Waals surface area (Å²) in [6.07, 6.45) is -1.62. The van der Waals surface area contributed by atoms with Crippen molar-refractivity contribution in [1.29, 1.82) is 0 Å². The minimum atomic E-state index is -0.640. The quantitative estimate of drug-likeness (QED) is 0.605. The summed E-state index contributed by atoms with van der Waals surface area (Å²) in [4.78, 5) is 27.5. The molecule has 0 saturated carbocycles. The van der Waals surface area contributed by atoms with Crippen molar-refractivity contribution in [3.8, 4) is 0 Å². The third-order valence-electron chi connectivity index (χ3n) is 5.21. The van der Waals surface area contributed by atoms with E-state index in [4.69, 9.17) is 9.47 Å². The van der Waals surface area contributed by atoms with Crippen LogP contribution in [0.5, 0.6) is 0 Å². The molecule has 8 nitrogen and oxygen atoms in total. The molecule has 2 aromatic carbocycles. The fourth-order valence-corrected chi connectivity index (χ4v) is 3.82. The van der Waals surface area contributed by atoms with Gasteiger partial charge in [0, 0.05) is 20.2 Å². The Labute approximate surface area is 199 Å². The predicted molar refractivity (Wildman–Crippen MR) is 128 cm³/mol. The first-order valence-corrected chi connectivity index (χ1v) is 11.2. The lowest BCUT2D eigenvalue weighted by molar-refractivity contribution is 0.0496. The Bertz CT molecular complexity index is 1010. The summed E-state index contributed by atoms with van der Waals surface area (Å²) >= 11 is 0. The molecular formula is C25H32FN3O5. The topological polar surface area (TPSA) is 91.3 Å². The van der Waals surface area contributed by atoms with Crippen LogP contribution in [0.25, 0.3) is 0 Å². The molecule has 9 heteroatoms. The second-order valence-electron chi connectivity index (χ2n) is 9.25. The Hall–Kier alpha value is -3.33. The molecule has 34 heavy (non-hydrogen) atoms. The first-order valence-electron chi connectivity index (χ1n) is 11.2. The molecule has 0 unspecified atom stereocenters. The Kier molecular flexibility index (Phi) is 7.98. The van der Waals surface area contributed by atoms with Gasteiger partial charge in [-0.2, -0.15) is 0 Å². The molecule has 1 saturated heterocycles. The van der Waals surface area contributed by atoms with Gasteiger partial charge in [0.2, 0.25) is 0 Å². The van der Waals surface area contributed by atoms with Crippen molar-refractivity contribution in [2.45, 2.75) is 45.4 Å². The zero-order valence-electron chi connectivity index (χ0n) is 20.0. The number of rotatable bonds is 8. The summed E-state index contributed by atoms with van der Waals surface area (Å²) in [5.74, 6) is -0.498. The fraction of sp³-hybridized carbons (Fsp3) is 0.440. The normalized spacial score (nSPS) is 15.8. The lowest BCUT2D eigenvalue weighted by Crippen LogP contribution is -2.38. The summed E-state index contributed by atoms with van der Waals surface area (Å²) in [5, 5.41) is 12.1. The first kappa shape index (κ1) is 25.3. The van der Waals surface area contributed by atoms with Crippen LogP contribution in [0.1, 0.15) is 31.9 Å².